The number of benzene rings is 1. The number of carbonyl (C=O) groups excluding carboxylic acids is 1. The van der Waals surface area contributed by atoms with Crippen molar-refractivity contribution in [3.8, 4) is 0 Å². The van der Waals surface area contributed by atoms with Crippen LogP contribution in [0.15, 0.2) is 18.2 Å². The average Bonchev–Trinajstić information content (AvgIpc) is 2.36. The molecule has 105 valence electrons. The Morgan fingerprint density at radius 1 is 1.37 bits per heavy atom. The summed E-state index contributed by atoms with van der Waals surface area (Å²) in [5.74, 6) is 4.30. The second-order valence-corrected chi connectivity index (χ2v) is 3.87. The van der Waals surface area contributed by atoms with Crippen molar-refractivity contribution in [2.24, 2.45) is 5.84 Å². The van der Waals surface area contributed by atoms with Crippen molar-refractivity contribution in [1.82, 2.24) is 5.43 Å². The summed E-state index contributed by atoms with van der Waals surface area (Å²) in [6, 6.07) is 3.07. The Labute approximate surface area is 109 Å². The molecule has 0 aliphatic carbocycles. The normalized spacial score (nSPS) is 11.2. The van der Waals surface area contributed by atoms with Crippen LogP contribution in [0.2, 0.25) is 0 Å². The summed E-state index contributed by atoms with van der Waals surface area (Å²) in [6.07, 6.45) is -3.24. The molecule has 1 aromatic rings. The molecule has 19 heavy (non-hydrogen) atoms. The molecule has 1 aromatic carbocycles. The summed E-state index contributed by atoms with van der Waals surface area (Å²) >= 11 is 0. The standard InChI is InChI=1S/C12H15F3N3O/c1-2-3-6-17-10-7-8(11(19)18-16)4-5-9(10)12(13,14)15/h4-5,7,17H,1-3,6,16H2,(H,18,19). The number of nitrogen functional groups attached to an aromatic ring is 1. The minimum atomic E-state index is -4.48. The number of alkyl halides is 3. The maximum absolute atomic E-state index is 12.8. The predicted octanol–water partition coefficient (Wildman–Crippen LogP) is 2.34. The van der Waals surface area contributed by atoms with E-state index in [1.165, 1.54) is 0 Å². The van der Waals surface area contributed by atoms with Gasteiger partial charge >= 0.3 is 6.18 Å². The van der Waals surface area contributed by atoms with Crippen LogP contribution in [0.25, 0.3) is 0 Å². The van der Waals surface area contributed by atoms with E-state index >= 15 is 0 Å². The minimum Gasteiger partial charge on any atom is -0.385 e. The Hall–Kier alpha value is -1.76. The molecule has 0 heterocycles. The molecule has 0 bridgehead atoms. The molecule has 1 rings (SSSR count). The summed E-state index contributed by atoms with van der Waals surface area (Å²) in [6.45, 7) is 3.95. The zero-order valence-corrected chi connectivity index (χ0v) is 10.2. The number of anilines is 1. The number of rotatable bonds is 5. The first-order valence-electron chi connectivity index (χ1n) is 5.65. The van der Waals surface area contributed by atoms with Gasteiger partial charge in [-0.15, -0.1) is 0 Å². The molecule has 0 spiro atoms. The maximum atomic E-state index is 12.8. The zero-order valence-electron chi connectivity index (χ0n) is 10.2. The summed E-state index contributed by atoms with van der Waals surface area (Å²) in [4.78, 5) is 11.3. The average molecular weight is 274 g/mol. The molecule has 0 fully saturated rings. The molecule has 0 atom stereocenters. The van der Waals surface area contributed by atoms with Gasteiger partial charge in [0.05, 0.1) is 5.56 Å². The molecule has 7 heteroatoms. The van der Waals surface area contributed by atoms with Gasteiger partial charge in [-0.2, -0.15) is 13.2 Å². The van der Waals surface area contributed by atoms with Crippen LogP contribution in [0.3, 0.4) is 0 Å². The van der Waals surface area contributed by atoms with E-state index in [0.29, 0.717) is 19.4 Å². The number of hydrogen-bond acceptors (Lipinski definition) is 3. The van der Waals surface area contributed by atoms with E-state index < -0.39 is 17.6 Å². The van der Waals surface area contributed by atoms with Crippen molar-refractivity contribution in [3.63, 3.8) is 0 Å². The van der Waals surface area contributed by atoms with Crippen molar-refractivity contribution in [2.75, 3.05) is 11.9 Å². The largest absolute Gasteiger partial charge is 0.418 e. The number of hydrazine groups is 1. The summed E-state index contributed by atoms with van der Waals surface area (Å²) in [7, 11) is 0. The SMILES string of the molecule is [CH2]CCCNc1cc(C(=O)NN)ccc1C(F)(F)F. The van der Waals surface area contributed by atoms with Gasteiger partial charge in [0.25, 0.3) is 5.91 Å². The van der Waals surface area contributed by atoms with Gasteiger partial charge in [-0.05, 0) is 24.6 Å². The first-order valence-corrected chi connectivity index (χ1v) is 5.65. The highest BCUT2D eigenvalue weighted by atomic mass is 19.4. The van der Waals surface area contributed by atoms with Crippen LogP contribution in [-0.2, 0) is 6.18 Å². The van der Waals surface area contributed by atoms with Crippen molar-refractivity contribution in [2.45, 2.75) is 19.0 Å². The van der Waals surface area contributed by atoms with E-state index in [0.717, 1.165) is 18.2 Å². The lowest BCUT2D eigenvalue weighted by Crippen LogP contribution is -2.30. The fraction of sp³-hybridized carbons (Fsp3) is 0.333. The smallest absolute Gasteiger partial charge is 0.385 e. The summed E-state index contributed by atoms with van der Waals surface area (Å²) in [5, 5.41) is 2.66. The first kappa shape index (κ1) is 15.3. The van der Waals surface area contributed by atoms with E-state index in [4.69, 9.17) is 5.84 Å². The number of hydrogen-bond donors (Lipinski definition) is 3. The van der Waals surface area contributed by atoms with Crippen LogP contribution in [-0.4, -0.2) is 12.5 Å². The Morgan fingerprint density at radius 2 is 2.05 bits per heavy atom. The molecule has 1 radical (unpaired) electrons. The van der Waals surface area contributed by atoms with E-state index in [9.17, 15) is 18.0 Å². The number of unbranched alkanes of at least 4 members (excludes halogenated alkanes) is 1. The quantitative estimate of drug-likeness (QED) is 0.334. The fourth-order valence-electron chi connectivity index (χ4n) is 1.51. The Balaban J connectivity index is 3.07. The van der Waals surface area contributed by atoms with Gasteiger partial charge < -0.3 is 5.32 Å². The third-order valence-electron chi connectivity index (χ3n) is 2.46. The molecular formula is C12H15F3N3O. The number of nitrogens with two attached hydrogens (primary N) is 1. The molecular weight excluding hydrogens is 259 g/mol. The molecule has 0 aliphatic rings. The van der Waals surface area contributed by atoms with Gasteiger partial charge in [-0.3, -0.25) is 10.2 Å². The topological polar surface area (TPSA) is 67.2 Å². The monoisotopic (exact) mass is 274 g/mol. The fourth-order valence-corrected chi connectivity index (χ4v) is 1.51. The van der Waals surface area contributed by atoms with Gasteiger partial charge in [-0.1, -0.05) is 13.3 Å². The highest BCUT2D eigenvalue weighted by Crippen LogP contribution is 2.35. The van der Waals surface area contributed by atoms with Crippen molar-refractivity contribution < 1.29 is 18.0 Å². The van der Waals surface area contributed by atoms with Crippen LogP contribution in [0.1, 0.15) is 28.8 Å². The van der Waals surface area contributed by atoms with Crippen molar-refractivity contribution in [3.05, 3.63) is 36.2 Å². The van der Waals surface area contributed by atoms with E-state index in [2.05, 4.69) is 12.2 Å². The van der Waals surface area contributed by atoms with Gasteiger partial charge in [0.1, 0.15) is 0 Å². The molecule has 4 nitrogen and oxygen atoms in total. The van der Waals surface area contributed by atoms with Crippen molar-refractivity contribution in [1.29, 1.82) is 0 Å². The van der Waals surface area contributed by atoms with Crippen LogP contribution in [0.4, 0.5) is 18.9 Å². The van der Waals surface area contributed by atoms with Crippen LogP contribution in [0, 0.1) is 6.92 Å². The Bertz CT molecular complexity index is 446. The summed E-state index contributed by atoms with van der Waals surface area (Å²) in [5.41, 5.74) is 0.987. The second kappa shape index (κ2) is 6.42. The van der Waals surface area contributed by atoms with Crippen molar-refractivity contribution >= 4 is 11.6 Å². The minimum absolute atomic E-state index is 0.0626. The lowest BCUT2D eigenvalue weighted by atomic mass is 10.1. The van der Waals surface area contributed by atoms with E-state index in [1.807, 2.05) is 5.43 Å². The van der Waals surface area contributed by atoms with Crippen LogP contribution >= 0.6 is 0 Å². The molecule has 0 aliphatic heterocycles. The van der Waals surface area contributed by atoms with Crippen LogP contribution in [0.5, 0.6) is 0 Å². The third-order valence-corrected chi connectivity index (χ3v) is 2.46. The van der Waals surface area contributed by atoms with Gasteiger partial charge in [-0.25, -0.2) is 5.84 Å². The number of nitrogens with one attached hydrogen (secondary N) is 2. The molecule has 4 N–H and O–H groups in total. The molecule has 0 aromatic heterocycles. The zero-order chi connectivity index (χ0) is 14.5. The Kier molecular flexibility index (Phi) is 5.17. The highest BCUT2D eigenvalue weighted by molar-refractivity contribution is 5.95. The predicted molar refractivity (Wildman–Crippen MR) is 66.2 cm³/mol. The Morgan fingerprint density at radius 3 is 2.58 bits per heavy atom. The maximum Gasteiger partial charge on any atom is 0.418 e. The summed E-state index contributed by atoms with van der Waals surface area (Å²) < 4.78 is 38.4. The van der Waals surface area contributed by atoms with Crippen LogP contribution < -0.4 is 16.6 Å². The van der Waals surface area contributed by atoms with Gasteiger partial charge in [0, 0.05) is 17.8 Å². The second-order valence-electron chi connectivity index (χ2n) is 3.87. The molecule has 0 unspecified atom stereocenters. The first-order chi connectivity index (χ1) is 8.90. The highest BCUT2D eigenvalue weighted by Gasteiger charge is 2.33. The third kappa shape index (κ3) is 4.13. The molecule has 0 saturated carbocycles. The lowest BCUT2D eigenvalue weighted by Gasteiger charge is -2.15. The number of carbonyl (C=O) groups is 1. The molecule has 1 amide bonds. The number of halogens is 3. The molecule has 0 saturated heterocycles. The van der Waals surface area contributed by atoms with E-state index in [1.54, 1.807) is 0 Å². The number of amides is 1. The lowest BCUT2D eigenvalue weighted by molar-refractivity contribution is -0.137. The van der Waals surface area contributed by atoms with E-state index in [-0.39, 0.29) is 11.3 Å². The van der Waals surface area contributed by atoms with Gasteiger partial charge in [0.2, 0.25) is 0 Å². The van der Waals surface area contributed by atoms with Gasteiger partial charge in [0.15, 0.2) is 0 Å².